The Morgan fingerprint density at radius 1 is 0.967 bits per heavy atom. The number of nitrogens with zero attached hydrogens (tertiary/aromatic N) is 2. The number of fused-ring (bicyclic) bond motifs is 1. The van der Waals surface area contributed by atoms with E-state index in [-0.39, 0.29) is 5.91 Å². The molecule has 6 nitrogen and oxygen atoms in total. The molecule has 1 amide bonds. The van der Waals surface area contributed by atoms with Crippen LogP contribution < -0.4 is 14.8 Å². The molecule has 0 saturated heterocycles. The Morgan fingerprint density at radius 3 is 2.43 bits per heavy atom. The van der Waals surface area contributed by atoms with E-state index in [2.05, 4.69) is 10.3 Å². The van der Waals surface area contributed by atoms with Gasteiger partial charge < -0.3 is 14.0 Å². The molecule has 0 aliphatic rings. The summed E-state index contributed by atoms with van der Waals surface area (Å²) in [5.74, 6) is 1.86. The molecule has 1 N–H and O–H groups in total. The number of ether oxygens (including phenoxy) is 2. The molecule has 0 aliphatic carbocycles. The summed E-state index contributed by atoms with van der Waals surface area (Å²) in [5.41, 5.74) is 3.31. The van der Waals surface area contributed by atoms with Crippen molar-refractivity contribution in [3.63, 3.8) is 0 Å². The van der Waals surface area contributed by atoms with Gasteiger partial charge in [-0.3, -0.25) is 10.1 Å². The Kier molecular flexibility index (Phi) is 5.66. The molecule has 6 heteroatoms. The SMILES string of the molecule is COc1ccc(OCCn2c(NC(=O)c3ccccc3C)nc3ccccc32)cc1. The number of carbonyl (C=O) groups excluding carboxylic acids is 1. The van der Waals surface area contributed by atoms with Gasteiger partial charge in [-0.05, 0) is 55.0 Å². The maximum Gasteiger partial charge on any atom is 0.258 e. The lowest BCUT2D eigenvalue weighted by Gasteiger charge is -2.12. The molecule has 0 atom stereocenters. The van der Waals surface area contributed by atoms with Gasteiger partial charge in [-0.25, -0.2) is 4.98 Å². The molecule has 1 heterocycles. The number of para-hydroxylation sites is 2. The van der Waals surface area contributed by atoms with Gasteiger partial charge in [0.05, 0.1) is 24.7 Å². The monoisotopic (exact) mass is 401 g/mol. The molecule has 3 aromatic carbocycles. The van der Waals surface area contributed by atoms with E-state index in [0.29, 0.717) is 24.7 Å². The van der Waals surface area contributed by atoms with Crippen molar-refractivity contribution in [2.45, 2.75) is 13.5 Å². The number of benzene rings is 3. The quantitative estimate of drug-likeness (QED) is 0.488. The van der Waals surface area contributed by atoms with Crippen molar-refractivity contribution in [1.82, 2.24) is 9.55 Å². The molecule has 0 aliphatic heterocycles. The van der Waals surface area contributed by atoms with E-state index in [9.17, 15) is 4.79 Å². The third-order valence-electron chi connectivity index (χ3n) is 4.91. The standard InChI is InChI=1S/C24H23N3O3/c1-17-7-3-4-8-20(17)23(28)26-24-25-21-9-5-6-10-22(21)27(24)15-16-30-19-13-11-18(29-2)12-14-19/h3-14H,15-16H2,1-2H3,(H,25,26,28). The van der Waals surface area contributed by atoms with Crippen LogP contribution >= 0.6 is 0 Å². The molecule has 0 spiro atoms. The Morgan fingerprint density at radius 2 is 1.67 bits per heavy atom. The van der Waals surface area contributed by atoms with Gasteiger partial charge in [0.2, 0.25) is 5.95 Å². The van der Waals surface area contributed by atoms with E-state index in [1.54, 1.807) is 7.11 Å². The third kappa shape index (κ3) is 4.12. The summed E-state index contributed by atoms with van der Waals surface area (Å²) in [6.45, 7) is 2.89. The van der Waals surface area contributed by atoms with Crippen LogP contribution in [-0.2, 0) is 6.54 Å². The normalized spacial score (nSPS) is 10.7. The van der Waals surface area contributed by atoms with E-state index in [1.807, 2.05) is 84.3 Å². The molecular formula is C24H23N3O3. The average Bonchev–Trinajstić information content (AvgIpc) is 3.11. The van der Waals surface area contributed by atoms with Gasteiger partial charge in [-0.15, -0.1) is 0 Å². The fourth-order valence-electron chi connectivity index (χ4n) is 3.32. The predicted octanol–water partition coefficient (Wildman–Crippen LogP) is 4.68. The molecule has 4 aromatic rings. The Balaban J connectivity index is 1.54. The zero-order valence-electron chi connectivity index (χ0n) is 17.0. The van der Waals surface area contributed by atoms with Gasteiger partial charge in [-0.2, -0.15) is 0 Å². The summed E-state index contributed by atoms with van der Waals surface area (Å²) >= 11 is 0. The van der Waals surface area contributed by atoms with Crippen LogP contribution in [0.4, 0.5) is 5.95 Å². The minimum atomic E-state index is -0.180. The lowest BCUT2D eigenvalue weighted by Crippen LogP contribution is -2.18. The lowest BCUT2D eigenvalue weighted by molar-refractivity contribution is 0.102. The number of aromatic nitrogens is 2. The molecular weight excluding hydrogens is 378 g/mol. The van der Waals surface area contributed by atoms with Crippen molar-refractivity contribution in [3.05, 3.63) is 83.9 Å². The summed E-state index contributed by atoms with van der Waals surface area (Å²) in [7, 11) is 1.63. The van der Waals surface area contributed by atoms with Crippen LogP contribution in [0.1, 0.15) is 15.9 Å². The Labute approximate surface area is 175 Å². The van der Waals surface area contributed by atoms with Crippen LogP contribution in [0.25, 0.3) is 11.0 Å². The molecule has 0 unspecified atom stereocenters. The predicted molar refractivity (Wildman–Crippen MR) is 117 cm³/mol. The first-order chi connectivity index (χ1) is 14.7. The van der Waals surface area contributed by atoms with Crippen LogP contribution in [0, 0.1) is 6.92 Å². The van der Waals surface area contributed by atoms with E-state index in [1.165, 1.54) is 0 Å². The lowest BCUT2D eigenvalue weighted by atomic mass is 10.1. The fourth-order valence-corrected chi connectivity index (χ4v) is 3.32. The number of imidazole rings is 1. The van der Waals surface area contributed by atoms with Crippen molar-refractivity contribution in [2.24, 2.45) is 0 Å². The number of anilines is 1. The van der Waals surface area contributed by atoms with Crippen molar-refractivity contribution in [2.75, 3.05) is 19.0 Å². The van der Waals surface area contributed by atoms with E-state index in [4.69, 9.17) is 9.47 Å². The average molecular weight is 401 g/mol. The second kappa shape index (κ2) is 8.69. The zero-order valence-corrected chi connectivity index (χ0v) is 17.0. The van der Waals surface area contributed by atoms with Gasteiger partial charge in [0.25, 0.3) is 5.91 Å². The maximum atomic E-state index is 12.8. The largest absolute Gasteiger partial charge is 0.497 e. The van der Waals surface area contributed by atoms with E-state index < -0.39 is 0 Å². The van der Waals surface area contributed by atoms with E-state index in [0.717, 1.165) is 28.1 Å². The number of methoxy groups -OCH3 is 1. The molecule has 0 radical (unpaired) electrons. The molecule has 0 fully saturated rings. The summed E-state index contributed by atoms with van der Waals surface area (Å²) in [4.78, 5) is 17.4. The maximum absolute atomic E-state index is 12.8. The molecule has 1 aromatic heterocycles. The van der Waals surface area contributed by atoms with Gasteiger partial charge in [-0.1, -0.05) is 30.3 Å². The van der Waals surface area contributed by atoms with Crippen LogP contribution in [0.2, 0.25) is 0 Å². The zero-order chi connectivity index (χ0) is 20.9. The first-order valence-electron chi connectivity index (χ1n) is 9.75. The highest BCUT2D eigenvalue weighted by atomic mass is 16.5. The molecule has 0 bridgehead atoms. The van der Waals surface area contributed by atoms with Crippen molar-refractivity contribution in [1.29, 1.82) is 0 Å². The fraction of sp³-hybridized carbons (Fsp3) is 0.167. The first kappa shape index (κ1) is 19.5. The van der Waals surface area contributed by atoms with Gasteiger partial charge in [0.15, 0.2) is 0 Å². The highest BCUT2D eigenvalue weighted by molar-refractivity contribution is 6.05. The minimum Gasteiger partial charge on any atom is -0.497 e. The molecule has 4 rings (SSSR count). The highest BCUT2D eigenvalue weighted by Crippen LogP contribution is 2.22. The van der Waals surface area contributed by atoms with Crippen molar-refractivity contribution >= 4 is 22.9 Å². The number of nitrogens with one attached hydrogen (secondary N) is 1. The molecule has 0 saturated carbocycles. The number of rotatable bonds is 7. The Bertz CT molecular complexity index is 1170. The Hall–Kier alpha value is -3.80. The first-order valence-corrected chi connectivity index (χ1v) is 9.75. The van der Waals surface area contributed by atoms with Crippen molar-refractivity contribution in [3.8, 4) is 11.5 Å². The van der Waals surface area contributed by atoms with Crippen LogP contribution in [-0.4, -0.2) is 29.2 Å². The number of hydrogen-bond acceptors (Lipinski definition) is 4. The second-order valence-electron chi connectivity index (χ2n) is 6.87. The van der Waals surface area contributed by atoms with Gasteiger partial charge in [0, 0.05) is 5.56 Å². The van der Waals surface area contributed by atoms with Crippen LogP contribution in [0.3, 0.4) is 0 Å². The smallest absolute Gasteiger partial charge is 0.258 e. The second-order valence-corrected chi connectivity index (χ2v) is 6.87. The van der Waals surface area contributed by atoms with Crippen LogP contribution in [0.5, 0.6) is 11.5 Å². The van der Waals surface area contributed by atoms with Crippen LogP contribution in [0.15, 0.2) is 72.8 Å². The summed E-state index contributed by atoms with van der Waals surface area (Å²) in [6.07, 6.45) is 0. The number of amides is 1. The topological polar surface area (TPSA) is 65.4 Å². The number of aryl methyl sites for hydroxylation is 1. The van der Waals surface area contributed by atoms with E-state index >= 15 is 0 Å². The summed E-state index contributed by atoms with van der Waals surface area (Å²) < 4.78 is 13.0. The van der Waals surface area contributed by atoms with Gasteiger partial charge in [0.1, 0.15) is 18.1 Å². The van der Waals surface area contributed by atoms with Gasteiger partial charge >= 0.3 is 0 Å². The summed E-state index contributed by atoms with van der Waals surface area (Å²) in [6, 6.07) is 22.7. The number of carbonyl (C=O) groups is 1. The minimum absolute atomic E-state index is 0.180. The molecule has 30 heavy (non-hydrogen) atoms. The number of hydrogen-bond donors (Lipinski definition) is 1. The van der Waals surface area contributed by atoms with Crippen molar-refractivity contribution < 1.29 is 14.3 Å². The highest BCUT2D eigenvalue weighted by Gasteiger charge is 2.15. The summed E-state index contributed by atoms with van der Waals surface area (Å²) in [5, 5.41) is 2.96. The third-order valence-corrected chi connectivity index (χ3v) is 4.91. The molecule has 152 valence electrons.